The number of aromatic hydroxyl groups is 1. The Kier molecular flexibility index (Phi) is 3.46. The van der Waals surface area contributed by atoms with E-state index >= 15 is 0 Å². The summed E-state index contributed by atoms with van der Waals surface area (Å²) in [6, 6.07) is 6.67. The Labute approximate surface area is 108 Å². The normalized spacial score (nSPS) is 10.3. The lowest BCUT2D eigenvalue weighted by molar-refractivity contribution is 0.103. The average molecular weight is 264 g/mol. The third-order valence-electron chi connectivity index (χ3n) is 2.63. The summed E-state index contributed by atoms with van der Waals surface area (Å²) < 4.78 is 31.2. The van der Waals surface area contributed by atoms with Crippen LogP contribution < -0.4 is 4.74 Å². The summed E-state index contributed by atoms with van der Waals surface area (Å²) in [6.45, 7) is 0. The smallest absolute Gasteiger partial charge is 0.199 e. The molecule has 5 heteroatoms. The summed E-state index contributed by atoms with van der Waals surface area (Å²) >= 11 is 0. The zero-order valence-electron chi connectivity index (χ0n) is 9.98. The third-order valence-corrected chi connectivity index (χ3v) is 2.63. The zero-order valence-corrected chi connectivity index (χ0v) is 9.98. The number of methoxy groups -OCH3 is 1. The van der Waals surface area contributed by atoms with Crippen molar-refractivity contribution in [1.82, 2.24) is 0 Å². The van der Waals surface area contributed by atoms with E-state index in [9.17, 15) is 18.7 Å². The Hall–Kier alpha value is -2.43. The number of carbonyl (C=O) groups excluding carboxylic acids is 1. The second kappa shape index (κ2) is 5.06. The summed E-state index contributed by atoms with van der Waals surface area (Å²) in [6.07, 6.45) is 0. The number of phenolic OH excluding ortho intramolecular Hbond substituents is 1. The van der Waals surface area contributed by atoms with E-state index in [1.807, 2.05) is 0 Å². The first-order valence-electron chi connectivity index (χ1n) is 5.39. The Morgan fingerprint density at radius 3 is 2.37 bits per heavy atom. The van der Waals surface area contributed by atoms with Gasteiger partial charge in [0.25, 0.3) is 0 Å². The van der Waals surface area contributed by atoms with Crippen LogP contribution >= 0.6 is 0 Å². The molecule has 0 atom stereocenters. The number of phenols is 1. The van der Waals surface area contributed by atoms with Gasteiger partial charge in [0.15, 0.2) is 5.78 Å². The van der Waals surface area contributed by atoms with Crippen molar-refractivity contribution < 1.29 is 23.4 Å². The van der Waals surface area contributed by atoms with Gasteiger partial charge in [-0.3, -0.25) is 4.79 Å². The second-order valence-corrected chi connectivity index (χ2v) is 3.84. The van der Waals surface area contributed by atoms with Crippen LogP contribution in [0.2, 0.25) is 0 Å². The molecule has 0 aliphatic rings. The van der Waals surface area contributed by atoms with Crippen LogP contribution in [0.25, 0.3) is 0 Å². The van der Waals surface area contributed by atoms with Gasteiger partial charge in [0.2, 0.25) is 0 Å². The standard InChI is InChI=1S/C14H10F2O3/c1-19-9-3-5-11(13(17)7-9)14(18)10-4-2-8(15)6-12(10)16/h2-7,17H,1H3. The fourth-order valence-electron chi connectivity index (χ4n) is 1.65. The second-order valence-electron chi connectivity index (χ2n) is 3.84. The molecule has 98 valence electrons. The molecule has 0 unspecified atom stereocenters. The minimum absolute atomic E-state index is 0.0775. The largest absolute Gasteiger partial charge is 0.507 e. The van der Waals surface area contributed by atoms with Crippen LogP contribution in [-0.2, 0) is 0 Å². The van der Waals surface area contributed by atoms with Crippen molar-refractivity contribution in [3.63, 3.8) is 0 Å². The van der Waals surface area contributed by atoms with Gasteiger partial charge >= 0.3 is 0 Å². The minimum Gasteiger partial charge on any atom is -0.507 e. The molecule has 0 aromatic heterocycles. The van der Waals surface area contributed by atoms with Gasteiger partial charge < -0.3 is 9.84 Å². The maximum absolute atomic E-state index is 13.5. The number of hydrogen-bond acceptors (Lipinski definition) is 3. The molecular weight excluding hydrogens is 254 g/mol. The lowest BCUT2D eigenvalue weighted by Gasteiger charge is -2.07. The molecule has 0 aliphatic carbocycles. The van der Waals surface area contributed by atoms with E-state index in [0.29, 0.717) is 11.8 Å². The molecular formula is C14H10F2O3. The van der Waals surface area contributed by atoms with Crippen LogP contribution in [0.15, 0.2) is 36.4 Å². The minimum atomic E-state index is -0.972. The molecule has 2 aromatic carbocycles. The first-order valence-corrected chi connectivity index (χ1v) is 5.39. The molecule has 0 fully saturated rings. The molecule has 0 saturated carbocycles. The molecule has 19 heavy (non-hydrogen) atoms. The lowest BCUT2D eigenvalue weighted by atomic mass is 10.0. The quantitative estimate of drug-likeness (QED) is 0.867. The van der Waals surface area contributed by atoms with Crippen LogP contribution in [0.3, 0.4) is 0 Å². The Morgan fingerprint density at radius 1 is 1.11 bits per heavy atom. The van der Waals surface area contributed by atoms with E-state index in [1.54, 1.807) is 0 Å². The van der Waals surface area contributed by atoms with Crippen LogP contribution in [-0.4, -0.2) is 18.0 Å². The van der Waals surface area contributed by atoms with E-state index in [-0.39, 0.29) is 16.9 Å². The monoisotopic (exact) mass is 264 g/mol. The van der Waals surface area contributed by atoms with E-state index in [0.717, 1.165) is 12.1 Å². The fourth-order valence-corrected chi connectivity index (χ4v) is 1.65. The molecule has 0 bridgehead atoms. The predicted molar refractivity (Wildman–Crippen MR) is 64.4 cm³/mol. The van der Waals surface area contributed by atoms with Crippen LogP contribution in [0.5, 0.6) is 11.5 Å². The summed E-state index contributed by atoms with van der Waals surface area (Å²) in [5, 5.41) is 9.70. The molecule has 0 radical (unpaired) electrons. The molecule has 0 spiro atoms. The highest BCUT2D eigenvalue weighted by Gasteiger charge is 2.18. The summed E-state index contributed by atoms with van der Waals surface area (Å²) in [5.74, 6) is -2.42. The van der Waals surface area contributed by atoms with Crippen LogP contribution in [0.4, 0.5) is 8.78 Å². The maximum atomic E-state index is 13.5. The number of ketones is 1. The Morgan fingerprint density at radius 2 is 1.79 bits per heavy atom. The van der Waals surface area contributed by atoms with Crippen molar-refractivity contribution in [1.29, 1.82) is 0 Å². The van der Waals surface area contributed by atoms with Gasteiger partial charge in [0.1, 0.15) is 23.1 Å². The van der Waals surface area contributed by atoms with E-state index in [1.165, 1.54) is 25.3 Å². The van der Waals surface area contributed by atoms with E-state index < -0.39 is 17.4 Å². The maximum Gasteiger partial charge on any atom is 0.199 e. The summed E-state index contributed by atoms with van der Waals surface area (Å²) in [7, 11) is 1.41. The highest BCUT2D eigenvalue weighted by atomic mass is 19.1. The van der Waals surface area contributed by atoms with Crippen LogP contribution in [0.1, 0.15) is 15.9 Å². The van der Waals surface area contributed by atoms with E-state index in [2.05, 4.69) is 0 Å². The highest BCUT2D eigenvalue weighted by Crippen LogP contribution is 2.26. The molecule has 0 heterocycles. The topological polar surface area (TPSA) is 46.5 Å². The SMILES string of the molecule is COc1ccc(C(=O)c2ccc(F)cc2F)c(O)c1. The van der Waals surface area contributed by atoms with Gasteiger partial charge in [-0.05, 0) is 24.3 Å². The van der Waals surface area contributed by atoms with Gasteiger partial charge in [-0.15, -0.1) is 0 Å². The Bertz CT molecular complexity index is 639. The van der Waals surface area contributed by atoms with Crippen molar-refractivity contribution in [3.8, 4) is 11.5 Å². The zero-order chi connectivity index (χ0) is 14.0. The molecule has 0 amide bonds. The number of ether oxygens (including phenoxy) is 1. The molecule has 3 nitrogen and oxygen atoms in total. The summed E-state index contributed by atoms with van der Waals surface area (Å²) in [5.41, 5.74) is -0.381. The van der Waals surface area contributed by atoms with Gasteiger partial charge in [0.05, 0.1) is 18.2 Å². The van der Waals surface area contributed by atoms with Crippen molar-refractivity contribution in [2.75, 3.05) is 7.11 Å². The van der Waals surface area contributed by atoms with Crippen molar-refractivity contribution in [2.45, 2.75) is 0 Å². The third kappa shape index (κ3) is 2.54. The number of hydrogen-bond donors (Lipinski definition) is 1. The fraction of sp³-hybridized carbons (Fsp3) is 0.0714. The first kappa shape index (κ1) is 13.0. The molecule has 1 N–H and O–H groups in total. The van der Waals surface area contributed by atoms with Crippen molar-refractivity contribution in [3.05, 3.63) is 59.2 Å². The molecule has 2 aromatic rings. The highest BCUT2D eigenvalue weighted by molar-refractivity contribution is 6.10. The summed E-state index contributed by atoms with van der Waals surface area (Å²) in [4.78, 5) is 12.0. The van der Waals surface area contributed by atoms with Crippen molar-refractivity contribution >= 4 is 5.78 Å². The number of benzene rings is 2. The predicted octanol–water partition coefficient (Wildman–Crippen LogP) is 2.91. The average Bonchev–Trinajstić information content (AvgIpc) is 2.37. The number of rotatable bonds is 3. The molecule has 2 rings (SSSR count). The lowest BCUT2D eigenvalue weighted by Crippen LogP contribution is -2.05. The van der Waals surface area contributed by atoms with Gasteiger partial charge in [-0.2, -0.15) is 0 Å². The van der Waals surface area contributed by atoms with Crippen molar-refractivity contribution in [2.24, 2.45) is 0 Å². The molecule has 0 aliphatic heterocycles. The first-order chi connectivity index (χ1) is 9.02. The van der Waals surface area contributed by atoms with E-state index in [4.69, 9.17) is 4.74 Å². The van der Waals surface area contributed by atoms with Gasteiger partial charge in [0, 0.05) is 12.1 Å². The number of halogens is 2. The van der Waals surface area contributed by atoms with Crippen LogP contribution in [0, 0.1) is 11.6 Å². The Balaban J connectivity index is 2.44. The molecule has 0 saturated heterocycles. The van der Waals surface area contributed by atoms with Gasteiger partial charge in [-0.1, -0.05) is 0 Å². The van der Waals surface area contributed by atoms with Gasteiger partial charge in [-0.25, -0.2) is 8.78 Å². The number of carbonyl (C=O) groups is 1.